The Morgan fingerprint density at radius 1 is 0.714 bits per heavy atom. The minimum atomic E-state index is -3.83. The molecule has 0 radical (unpaired) electrons. The first kappa shape index (κ1) is 18.3. The van der Waals surface area contributed by atoms with Crippen molar-refractivity contribution in [3.63, 3.8) is 0 Å². The predicted octanol–water partition coefficient (Wildman–Crippen LogP) is 5.29. The van der Waals surface area contributed by atoms with Gasteiger partial charge in [-0.15, -0.1) is 0 Å². The van der Waals surface area contributed by atoms with Crippen LogP contribution >= 0.6 is 11.6 Å². The summed E-state index contributed by atoms with van der Waals surface area (Å²) in [6.07, 6.45) is 3.38. The van der Waals surface area contributed by atoms with Gasteiger partial charge in [-0.05, 0) is 42.0 Å². The Hall–Kier alpha value is -3.02. The predicted molar refractivity (Wildman–Crippen MR) is 112 cm³/mol. The number of hydrogen-bond donors (Lipinski definition) is 0. The van der Waals surface area contributed by atoms with Crippen molar-refractivity contribution in [1.82, 2.24) is 9.97 Å². The Kier molecular flexibility index (Phi) is 4.94. The monoisotopic (exact) mass is 406 g/mol. The van der Waals surface area contributed by atoms with Gasteiger partial charge in [-0.1, -0.05) is 66.2 Å². The van der Waals surface area contributed by atoms with Gasteiger partial charge in [0.05, 0.1) is 15.9 Å². The molecule has 0 saturated carbocycles. The molecule has 0 unspecified atom stereocenters. The van der Waals surface area contributed by atoms with Crippen molar-refractivity contribution < 1.29 is 8.42 Å². The van der Waals surface area contributed by atoms with Crippen LogP contribution in [0.5, 0.6) is 0 Å². The van der Waals surface area contributed by atoms with Crippen molar-refractivity contribution >= 4 is 44.6 Å². The number of hydrogen-bond acceptors (Lipinski definition) is 4. The van der Waals surface area contributed by atoms with Gasteiger partial charge in [0.1, 0.15) is 5.69 Å². The number of nitrogens with zero attached hydrogens (tertiary/aromatic N) is 2. The van der Waals surface area contributed by atoms with Crippen molar-refractivity contribution in [2.45, 2.75) is 9.92 Å². The van der Waals surface area contributed by atoms with E-state index >= 15 is 0 Å². The van der Waals surface area contributed by atoms with E-state index in [1.54, 1.807) is 66.7 Å². The lowest BCUT2D eigenvalue weighted by molar-refractivity contribution is 0.592. The molecule has 0 saturated heterocycles. The second-order valence-corrected chi connectivity index (χ2v) is 8.35. The molecular formula is C22H15ClN2O2S. The molecule has 0 N–H and O–H groups in total. The highest BCUT2D eigenvalue weighted by Crippen LogP contribution is 2.26. The number of rotatable bonds is 4. The van der Waals surface area contributed by atoms with E-state index in [0.717, 1.165) is 5.56 Å². The number of benzene rings is 3. The zero-order valence-electron chi connectivity index (χ0n) is 14.7. The molecule has 0 atom stereocenters. The SMILES string of the molecule is O=S(=O)(c1ccccc1)c1nc2ccccc2nc1/C=C\c1ccccc1Cl. The van der Waals surface area contributed by atoms with Crippen LogP contribution < -0.4 is 0 Å². The molecular weight excluding hydrogens is 392 g/mol. The zero-order valence-corrected chi connectivity index (χ0v) is 16.2. The van der Waals surface area contributed by atoms with Gasteiger partial charge in [-0.2, -0.15) is 0 Å². The molecule has 0 aliphatic heterocycles. The molecule has 0 bridgehead atoms. The fraction of sp³-hybridized carbons (Fsp3) is 0. The largest absolute Gasteiger partial charge is 0.244 e. The van der Waals surface area contributed by atoms with E-state index in [0.29, 0.717) is 16.1 Å². The molecule has 1 aromatic heterocycles. The number of fused-ring (bicyclic) bond motifs is 1. The third-order valence-corrected chi connectivity index (χ3v) is 6.24. The van der Waals surface area contributed by atoms with Crippen molar-refractivity contribution in [2.75, 3.05) is 0 Å². The summed E-state index contributed by atoms with van der Waals surface area (Å²) in [4.78, 5) is 9.14. The summed E-state index contributed by atoms with van der Waals surface area (Å²) in [5, 5.41) is 0.487. The summed E-state index contributed by atoms with van der Waals surface area (Å²) in [5.41, 5.74) is 2.17. The Bertz CT molecular complexity index is 1290. The topological polar surface area (TPSA) is 59.9 Å². The second kappa shape index (κ2) is 7.54. The lowest BCUT2D eigenvalue weighted by Crippen LogP contribution is -2.08. The zero-order chi connectivity index (χ0) is 19.6. The van der Waals surface area contributed by atoms with Crippen LogP contribution in [-0.4, -0.2) is 18.4 Å². The van der Waals surface area contributed by atoms with E-state index < -0.39 is 9.84 Å². The van der Waals surface area contributed by atoms with Gasteiger partial charge in [0, 0.05) is 5.02 Å². The van der Waals surface area contributed by atoms with Crippen molar-refractivity contribution in [3.05, 3.63) is 95.1 Å². The highest BCUT2D eigenvalue weighted by molar-refractivity contribution is 7.91. The summed E-state index contributed by atoms with van der Waals surface area (Å²) in [6, 6.07) is 22.7. The van der Waals surface area contributed by atoms with Crippen LogP contribution in [0.3, 0.4) is 0 Å². The van der Waals surface area contributed by atoms with Gasteiger partial charge < -0.3 is 0 Å². The number of aromatic nitrogens is 2. The highest BCUT2D eigenvalue weighted by atomic mass is 35.5. The smallest absolute Gasteiger partial charge is 0.226 e. The molecule has 4 aromatic rings. The first-order valence-electron chi connectivity index (χ1n) is 8.55. The minimum absolute atomic E-state index is 0.0827. The van der Waals surface area contributed by atoms with Crippen molar-refractivity contribution in [2.24, 2.45) is 0 Å². The van der Waals surface area contributed by atoms with Crippen LogP contribution in [0.15, 0.2) is 88.8 Å². The van der Waals surface area contributed by atoms with Gasteiger partial charge in [-0.25, -0.2) is 18.4 Å². The Morgan fingerprint density at radius 3 is 2.04 bits per heavy atom. The summed E-state index contributed by atoms with van der Waals surface area (Å²) in [5.74, 6) is 0. The summed E-state index contributed by atoms with van der Waals surface area (Å²) < 4.78 is 26.4. The molecule has 0 aliphatic carbocycles. The maximum Gasteiger partial charge on any atom is 0.226 e. The molecule has 138 valence electrons. The van der Waals surface area contributed by atoms with Crippen LogP contribution in [0.1, 0.15) is 11.3 Å². The first-order chi connectivity index (χ1) is 13.6. The quantitative estimate of drug-likeness (QED) is 0.462. The highest BCUT2D eigenvalue weighted by Gasteiger charge is 2.24. The molecule has 0 spiro atoms. The first-order valence-corrected chi connectivity index (χ1v) is 10.4. The van der Waals surface area contributed by atoms with Crippen molar-refractivity contribution in [3.8, 4) is 0 Å². The number of para-hydroxylation sites is 2. The van der Waals surface area contributed by atoms with E-state index in [1.807, 2.05) is 24.3 Å². The van der Waals surface area contributed by atoms with E-state index in [2.05, 4.69) is 9.97 Å². The van der Waals surface area contributed by atoms with Crippen LogP contribution in [0.4, 0.5) is 0 Å². The van der Waals surface area contributed by atoms with E-state index in [-0.39, 0.29) is 15.6 Å². The molecule has 28 heavy (non-hydrogen) atoms. The Labute approximate surface area is 168 Å². The molecule has 0 amide bonds. The Morgan fingerprint density at radius 2 is 1.32 bits per heavy atom. The molecule has 4 rings (SSSR count). The molecule has 6 heteroatoms. The lowest BCUT2D eigenvalue weighted by atomic mass is 10.2. The molecule has 0 aliphatic rings. The van der Waals surface area contributed by atoms with Gasteiger partial charge >= 0.3 is 0 Å². The summed E-state index contributed by atoms with van der Waals surface area (Å²) in [7, 11) is -3.83. The van der Waals surface area contributed by atoms with Gasteiger partial charge in [0.25, 0.3) is 0 Å². The maximum absolute atomic E-state index is 13.2. The summed E-state index contributed by atoms with van der Waals surface area (Å²) >= 11 is 6.21. The van der Waals surface area contributed by atoms with Crippen molar-refractivity contribution in [1.29, 1.82) is 0 Å². The van der Waals surface area contributed by atoms with E-state index in [1.165, 1.54) is 0 Å². The standard InChI is InChI=1S/C22H15ClN2O2S/c23-18-11-5-4-8-16(18)14-15-21-22(25-20-13-7-6-12-19(20)24-21)28(26,27)17-9-2-1-3-10-17/h1-15H/b15-14-. The number of sulfone groups is 1. The minimum Gasteiger partial charge on any atom is -0.244 e. The number of halogens is 1. The second-order valence-electron chi connectivity index (χ2n) is 6.07. The molecule has 4 nitrogen and oxygen atoms in total. The summed E-state index contributed by atoms with van der Waals surface area (Å²) in [6.45, 7) is 0. The van der Waals surface area contributed by atoms with Crippen LogP contribution in [-0.2, 0) is 9.84 Å². The van der Waals surface area contributed by atoms with Crippen LogP contribution in [0.2, 0.25) is 5.02 Å². The Balaban J connectivity index is 1.92. The average molecular weight is 407 g/mol. The van der Waals surface area contributed by atoms with Crippen LogP contribution in [0, 0.1) is 0 Å². The van der Waals surface area contributed by atoms with Gasteiger partial charge in [0.15, 0.2) is 5.03 Å². The third kappa shape index (κ3) is 3.54. The normalized spacial score (nSPS) is 11.9. The van der Waals surface area contributed by atoms with E-state index in [4.69, 9.17) is 11.6 Å². The van der Waals surface area contributed by atoms with Crippen LogP contribution in [0.25, 0.3) is 23.2 Å². The molecule has 3 aromatic carbocycles. The third-order valence-electron chi connectivity index (χ3n) is 4.20. The average Bonchev–Trinajstić information content (AvgIpc) is 2.73. The lowest BCUT2D eigenvalue weighted by Gasteiger charge is -2.08. The van der Waals surface area contributed by atoms with Gasteiger partial charge in [0.2, 0.25) is 9.84 Å². The van der Waals surface area contributed by atoms with E-state index in [9.17, 15) is 8.42 Å². The molecule has 1 heterocycles. The fourth-order valence-electron chi connectivity index (χ4n) is 2.79. The van der Waals surface area contributed by atoms with Gasteiger partial charge in [-0.3, -0.25) is 0 Å². The molecule has 0 fully saturated rings. The fourth-order valence-corrected chi connectivity index (χ4v) is 4.34. The maximum atomic E-state index is 13.2.